The third-order valence-corrected chi connectivity index (χ3v) is 7.99. The normalized spacial score (nSPS) is 14.8. The molecule has 1 amide bonds. The summed E-state index contributed by atoms with van der Waals surface area (Å²) in [5.74, 6) is 0.0972. The number of amides is 1. The first-order valence-electron chi connectivity index (χ1n) is 11.5. The van der Waals surface area contributed by atoms with Crippen molar-refractivity contribution in [1.82, 2.24) is 14.1 Å². The van der Waals surface area contributed by atoms with Crippen molar-refractivity contribution in [3.63, 3.8) is 0 Å². The molecule has 0 aliphatic carbocycles. The summed E-state index contributed by atoms with van der Waals surface area (Å²) in [5, 5.41) is 4.68. The lowest BCUT2D eigenvalue weighted by Gasteiger charge is -2.30. The highest BCUT2D eigenvalue weighted by atomic mass is 32.2. The van der Waals surface area contributed by atoms with Crippen molar-refractivity contribution in [2.45, 2.75) is 77.7 Å². The second-order valence-corrected chi connectivity index (χ2v) is 11.6. The zero-order valence-corrected chi connectivity index (χ0v) is 21.2. The largest absolute Gasteiger partial charge is 0.307 e. The minimum Gasteiger partial charge on any atom is -0.307 e. The van der Waals surface area contributed by atoms with Gasteiger partial charge in [-0.1, -0.05) is 27.7 Å². The first kappa shape index (κ1) is 24.5. The Hall–Kier alpha value is -2.19. The zero-order chi connectivity index (χ0) is 23.8. The molecule has 8 heteroatoms. The van der Waals surface area contributed by atoms with E-state index in [2.05, 4.69) is 39.7 Å². The molecule has 1 aromatic heterocycles. The van der Waals surface area contributed by atoms with Crippen LogP contribution in [0.15, 0.2) is 29.2 Å². The third kappa shape index (κ3) is 4.48. The Balaban J connectivity index is 1.99. The van der Waals surface area contributed by atoms with Gasteiger partial charge in [0, 0.05) is 31.0 Å². The average Bonchev–Trinajstić information content (AvgIpc) is 3.19. The van der Waals surface area contributed by atoms with Crippen molar-refractivity contribution in [3.05, 3.63) is 41.2 Å². The van der Waals surface area contributed by atoms with E-state index in [1.165, 1.54) is 4.31 Å². The van der Waals surface area contributed by atoms with Gasteiger partial charge in [0.1, 0.15) is 0 Å². The van der Waals surface area contributed by atoms with Crippen LogP contribution in [0.3, 0.4) is 0 Å². The summed E-state index contributed by atoms with van der Waals surface area (Å²) in [4.78, 5) is 15.5. The lowest BCUT2D eigenvalue weighted by atomic mass is 10.0. The van der Waals surface area contributed by atoms with Gasteiger partial charge in [-0.3, -0.25) is 9.48 Å². The van der Waals surface area contributed by atoms with E-state index in [1.54, 1.807) is 23.1 Å². The number of sulfonamides is 1. The Labute approximate surface area is 192 Å². The molecule has 0 atom stereocenters. The molecule has 0 fully saturated rings. The Morgan fingerprint density at radius 2 is 1.81 bits per heavy atom. The topological polar surface area (TPSA) is 75.5 Å². The fourth-order valence-corrected chi connectivity index (χ4v) is 5.75. The van der Waals surface area contributed by atoms with E-state index in [0.29, 0.717) is 25.3 Å². The SMILES string of the molecule is CCN(CC)S(=O)(=O)c1ccc2c(c1)CCCN2C(=O)c1cc(C(C)C)n(C(C)(C)C)n1. The first-order valence-corrected chi connectivity index (χ1v) is 12.9. The third-order valence-electron chi connectivity index (χ3n) is 5.94. The molecule has 0 saturated carbocycles. The van der Waals surface area contributed by atoms with E-state index in [0.717, 1.165) is 29.8 Å². The van der Waals surface area contributed by atoms with Gasteiger partial charge in [0.15, 0.2) is 5.69 Å². The van der Waals surface area contributed by atoms with Crippen molar-refractivity contribution in [2.24, 2.45) is 0 Å². The quantitative estimate of drug-likeness (QED) is 0.641. The van der Waals surface area contributed by atoms with Gasteiger partial charge in [-0.25, -0.2) is 8.42 Å². The molecule has 0 N–H and O–H groups in total. The van der Waals surface area contributed by atoms with E-state index < -0.39 is 10.0 Å². The fourth-order valence-electron chi connectivity index (χ4n) is 4.24. The number of carbonyl (C=O) groups is 1. The van der Waals surface area contributed by atoms with Crippen LogP contribution in [0.5, 0.6) is 0 Å². The molecular weight excluding hydrogens is 424 g/mol. The molecule has 0 bridgehead atoms. The van der Waals surface area contributed by atoms with E-state index in [1.807, 2.05) is 24.6 Å². The van der Waals surface area contributed by atoms with Crippen molar-refractivity contribution >= 4 is 21.6 Å². The number of carbonyl (C=O) groups excluding carboxylic acids is 1. The molecule has 176 valence electrons. The van der Waals surface area contributed by atoms with Gasteiger partial charge in [0.05, 0.1) is 10.4 Å². The van der Waals surface area contributed by atoms with Crippen LogP contribution in [-0.2, 0) is 22.0 Å². The number of nitrogens with zero attached hydrogens (tertiary/aromatic N) is 4. The number of hydrogen-bond acceptors (Lipinski definition) is 4. The highest BCUT2D eigenvalue weighted by Crippen LogP contribution is 2.32. The van der Waals surface area contributed by atoms with Crippen molar-refractivity contribution < 1.29 is 13.2 Å². The molecule has 2 aromatic rings. The fraction of sp³-hybridized carbons (Fsp3) is 0.583. The van der Waals surface area contributed by atoms with Crippen LogP contribution in [0.4, 0.5) is 5.69 Å². The molecular formula is C24H36N4O3S. The van der Waals surface area contributed by atoms with Gasteiger partial charge in [0.25, 0.3) is 5.91 Å². The van der Waals surface area contributed by atoms with Crippen LogP contribution in [0, 0.1) is 0 Å². The van der Waals surface area contributed by atoms with E-state index >= 15 is 0 Å². The van der Waals surface area contributed by atoms with Crippen molar-refractivity contribution in [2.75, 3.05) is 24.5 Å². The van der Waals surface area contributed by atoms with Crippen LogP contribution in [-0.4, -0.2) is 48.0 Å². The number of rotatable bonds is 6. The van der Waals surface area contributed by atoms with Crippen LogP contribution in [0.2, 0.25) is 0 Å². The second-order valence-electron chi connectivity index (χ2n) is 9.63. The Morgan fingerprint density at radius 3 is 2.34 bits per heavy atom. The second kappa shape index (κ2) is 8.98. The highest BCUT2D eigenvalue weighted by Gasteiger charge is 2.30. The molecule has 0 saturated heterocycles. The highest BCUT2D eigenvalue weighted by molar-refractivity contribution is 7.89. The molecule has 3 rings (SSSR count). The summed E-state index contributed by atoms with van der Waals surface area (Å²) in [6.07, 6.45) is 1.53. The number of aromatic nitrogens is 2. The van der Waals surface area contributed by atoms with E-state index in [-0.39, 0.29) is 22.3 Å². The van der Waals surface area contributed by atoms with Crippen LogP contribution < -0.4 is 4.90 Å². The Morgan fingerprint density at radius 1 is 1.16 bits per heavy atom. The van der Waals surface area contributed by atoms with E-state index in [9.17, 15) is 13.2 Å². The standard InChI is InChI=1S/C24H36N4O3S/c1-8-26(9-2)32(30,31)19-12-13-21-18(15-19)11-10-14-27(21)23(29)20-16-22(17(3)4)28(25-20)24(5,6)7/h12-13,15-17H,8-11,14H2,1-7H3. The number of hydrogen-bond donors (Lipinski definition) is 0. The summed E-state index contributed by atoms with van der Waals surface area (Å²) in [6, 6.07) is 7.01. The smallest absolute Gasteiger partial charge is 0.278 e. The predicted octanol–water partition coefficient (Wildman–Crippen LogP) is 4.39. The lowest BCUT2D eigenvalue weighted by Crippen LogP contribution is -2.36. The number of benzene rings is 1. The maximum atomic E-state index is 13.5. The monoisotopic (exact) mass is 460 g/mol. The van der Waals surface area contributed by atoms with Crippen molar-refractivity contribution in [1.29, 1.82) is 0 Å². The Kier molecular flexibility index (Phi) is 6.86. The number of fused-ring (bicyclic) bond motifs is 1. The van der Waals surface area contributed by atoms with Gasteiger partial charge in [-0.15, -0.1) is 0 Å². The minimum atomic E-state index is -3.54. The van der Waals surface area contributed by atoms with Gasteiger partial charge in [-0.2, -0.15) is 9.40 Å². The lowest BCUT2D eigenvalue weighted by molar-refractivity contribution is 0.0978. The summed E-state index contributed by atoms with van der Waals surface area (Å²) in [5.41, 5.74) is 2.88. The molecule has 0 radical (unpaired) electrons. The molecule has 32 heavy (non-hydrogen) atoms. The van der Waals surface area contributed by atoms with E-state index in [4.69, 9.17) is 0 Å². The molecule has 1 aliphatic rings. The maximum Gasteiger partial charge on any atom is 0.278 e. The maximum absolute atomic E-state index is 13.5. The number of anilines is 1. The van der Waals surface area contributed by atoms with Gasteiger partial charge >= 0.3 is 0 Å². The summed E-state index contributed by atoms with van der Waals surface area (Å²) in [7, 11) is -3.54. The van der Waals surface area contributed by atoms with Crippen LogP contribution in [0.25, 0.3) is 0 Å². The predicted molar refractivity (Wildman–Crippen MR) is 128 cm³/mol. The summed E-state index contributed by atoms with van der Waals surface area (Å²) < 4.78 is 29.3. The molecule has 0 unspecified atom stereocenters. The summed E-state index contributed by atoms with van der Waals surface area (Å²) >= 11 is 0. The minimum absolute atomic E-state index is 0.143. The summed E-state index contributed by atoms with van der Waals surface area (Å²) in [6.45, 7) is 15.5. The van der Waals surface area contributed by atoms with Gasteiger partial charge < -0.3 is 4.90 Å². The molecule has 0 spiro atoms. The zero-order valence-electron chi connectivity index (χ0n) is 20.3. The first-order chi connectivity index (χ1) is 14.9. The van der Waals surface area contributed by atoms with Crippen molar-refractivity contribution in [3.8, 4) is 0 Å². The van der Waals surface area contributed by atoms with Gasteiger partial charge in [0.2, 0.25) is 10.0 Å². The average molecular weight is 461 g/mol. The Bertz CT molecular complexity index is 1090. The number of aryl methyl sites for hydroxylation is 1. The molecule has 2 heterocycles. The van der Waals surface area contributed by atoms with Crippen LogP contribution >= 0.6 is 0 Å². The van der Waals surface area contributed by atoms with Crippen LogP contribution in [0.1, 0.15) is 82.6 Å². The molecule has 7 nitrogen and oxygen atoms in total. The van der Waals surface area contributed by atoms with Gasteiger partial charge in [-0.05, 0) is 69.4 Å². The molecule has 1 aromatic carbocycles. The molecule has 1 aliphatic heterocycles.